The molecule has 0 saturated heterocycles. The maximum atomic E-state index is 13.0. The number of hydrogen-bond acceptors (Lipinski definition) is 10. The number of aryl methyl sites for hydroxylation is 2. The highest BCUT2D eigenvalue weighted by Crippen LogP contribution is 2.35. The summed E-state index contributed by atoms with van der Waals surface area (Å²) in [5.74, 6) is 0.861. The predicted octanol–water partition coefficient (Wildman–Crippen LogP) is 3.58. The molecule has 192 valence electrons. The second-order valence-corrected chi connectivity index (χ2v) is 10.3. The SMILES string of the molecule is Cc1nnc(/C(=N\OC(C)(C)C)C2CCC(N(C)c3c(C#N)c(=O)n(C)c4ccc(C#N)nc34)CC2)o1. The van der Waals surface area contributed by atoms with Crippen molar-refractivity contribution in [2.45, 2.75) is 65.0 Å². The normalized spacial score (nSPS) is 18.3. The number of fused-ring (bicyclic) bond motifs is 1. The van der Waals surface area contributed by atoms with Crippen LogP contribution in [0.1, 0.15) is 69.5 Å². The van der Waals surface area contributed by atoms with E-state index in [1.807, 2.05) is 38.8 Å². The fourth-order valence-electron chi connectivity index (χ4n) is 4.69. The van der Waals surface area contributed by atoms with E-state index >= 15 is 0 Å². The van der Waals surface area contributed by atoms with Crippen molar-refractivity contribution in [3.05, 3.63) is 45.5 Å². The molecule has 11 heteroatoms. The summed E-state index contributed by atoms with van der Waals surface area (Å²) in [5, 5.41) is 31.8. The molecule has 0 aromatic carbocycles. The van der Waals surface area contributed by atoms with Crippen molar-refractivity contribution in [2.75, 3.05) is 11.9 Å². The summed E-state index contributed by atoms with van der Waals surface area (Å²) < 4.78 is 7.08. The van der Waals surface area contributed by atoms with Crippen LogP contribution in [0, 0.1) is 35.5 Å². The lowest BCUT2D eigenvalue weighted by molar-refractivity contribution is -0.000305. The largest absolute Gasteiger partial charge is 0.420 e. The number of oxime groups is 1. The molecular weight excluding hydrogens is 472 g/mol. The van der Waals surface area contributed by atoms with Gasteiger partial charge in [-0.25, -0.2) is 4.98 Å². The Morgan fingerprint density at radius 2 is 1.89 bits per heavy atom. The molecule has 3 heterocycles. The van der Waals surface area contributed by atoms with E-state index in [-0.39, 0.29) is 23.2 Å². The van der Waals surface area contributed by atoms with Gasteiger partial charge in [-0.05, 0) is 58.6 Å². The Balaban J connectivity index is 1.65. The molecule has 4 rings (SSSR count). The van der Waals surface area contributed by atoms with Crippen molar-refractivity contribution in [2.24, 2.45) is 18.1 Å². The molecule has 1 aliphatic carbocycles. The zero-order chi connectivity index (χ0) is 26.9. The smallest absolute Gasteiger partial charge is 0.270 e. The third kappa shape index (κ3) is 5.17. The minimum Gasteiger partial charge on any atom is -0.420 e. The summed E-state index contributed by atoms with van der Waals surface area (Å²) in [7, 11) is 3.48. The van der Waals surface area contributed by atoms with E-state index in [0.29, 0.717) is 34.2 Å². The monoisotopic (exact) mass is 502 g/mol. The number of rotatable bonds is 5. The van der Waals surface area contributed by atoms with Crippen molar-refractivity contribution in [3.8, 4) is 12.1 Å². The van der Waals surface area contributed by atoms with Gasteiger partial charge in [0.1, 0.15) is 40.2 Å². The molecule has 1 fully saturated rings. The fourth-order valence-corrected chi connectivity index (χ4v) is 4.69. The van der Waals surface area contributed by atoms with Gasteiger partial charge >= 0.3 is 0 Å². The summed E-state index contributed by atoms with van der Waals surface area (Å²) in [6.07, 6.45) is 3.07. The van der Waals surface area contributed by atoms with Crippen LogP contribution in [0.3, 0.4) is 0 Å². The number of nitrogens with zero attached hydrogens (tertiary/aromatic N) is 8. The Morgan fingerprint density at radius 3 is 2.46 bits per heavy atom. The van der Waals surface area contributed by atoms with Crippen LogP contribution in [0.25, 0.3) is 11.0 Å². The van der Waals surface area contributed by atoms with Gasteiger partial charge in [0.05, 0.1) is 11.2 Å². The maximum Gasteiger partial charge on any atom is 0.270 e. The van der Waals surface area contributed by atoms with Gasteiger partial charge < -0.3 is 18.7 Å². The molecule has 37 heavy (non-hydrogen) atoms. The highest BCUT2D eigenvalue weighted by Gasteiger charge is 2.33. The molecule has 0 bridgehead atoms. The van der Waals surface area contributed by atoms with Crippen molar-refractivity contribution in [1.29, 1.82) is 10.5 Å². The van der Waals surface area contributed by atoms with E-state index in [2.05, 4.69) is 26.4 Å². The van der Waals surface area contributed by atoms with Crippen LogP contribution < -0.4 is 10.5 Å². The van der Waals surface area contributed by atoms with Gasteiger partial charge in [0.25, 0.3) is 11.4 Å². The van der Waals surface area contributed by atoms with Crippen molar-refractivity contribution in [3.63, 3.8) is 0 Å². The molecule has 0 radical (unpaired) electrons. The second-order valence-electron chi connectivity index (χ2n) is 10.3. The van der Waals surface area contributed by atoms with Crippen LogP contribution in [-0.2, 0) is 11.9 Å². The first-order chi connectivity index (χ1) is 17.5. The zero-order valence-corrected chi connectivity index (χ0v) is 21.9. The zero-order valence-electron chi connectivity index (χ0n) is 21.9. The number of hydrogen-bond donors (Lipinski definition) is 0. The lowest BCUT2D eigenvalue weighted by atomic mass is 9.82. The van der Waals surface area contributed by atoms with Gasteiger partial charge in [-0.15, -0.1) is 10.2 Å². The molecule has 0 aliphatic heterocycles. The molecule has 1 saturated carbocycles. The summed E-state index contributed by atoms with van der Waals surface area (Å²) in [6, 6.07) is 7.43. The summed E-state index contributed by atoms with van der Waals surface area (Å²) in [5.41, 5.74) is 1.50. The summed E-state index contributed by atoms with van der Waals surface area (Å²) >= 11 is 0. The van der Waals surface area contributed by atoms with Crippen molar-refractivity contribution < 1.29 is 9.25 Å². The summed E-state index contributed by atoms with van der Waals surface area (Å²) in [6.45, 7) is 7.50. The first-order valence-corrected chi connectivity index (χ1v) is 12.2. The Hall–Kier alpha value is -4.25. The molecule has 0 N–H and O–H groups in total. The number of aromatic nitrogens is 4. The van der Waals surface area contributed by atoms with E-state index in [9.17, 15) is 15.3 Å². The van der Waals surface area contributed by atoms with Crippen molar-refractivity contribution >= 4 is 22.4 Å². The van der Waals surface area contributed by atoms with Gasteiger partial charge in [0.2, 0.25) is 5.89 Å². The summed E-state index contributed by atoms with van der Waals surface area (Å²) in [4.78, 5) is 25.2. The first-order valence-electron chi connectivity index (χ1n) is 12.2. The third-order valence-electron chi connectivity index (χ3n) is 6.59. The van der Waals surface area contributed by atoms with Gasteiger partial charge in [-0.1, -0.05) is 5.16 Å². The predicted molar refractivity (Wildman–Crippen MR) is 137 cm³/mol. The maximum absolute atomic E-state index is 13.0. The van der Waals surface area contributed by atoms with Gasteiger partial charge in [-0.2, -0.15) is 10.5 Å². The van der Waals surface area contributed by atoms with Crippen LogP contribution in [0.2, 0.25) is 0 Å². The van der Waals surface area contributed by atoms with E-state index in [1.165, 1.54) is 4.57 Å². The number of nitriles is 2. The first kappa shape index (κ1) is 25.8. The molecule has 0 atom stereocenters. The van der Waals surface area contributed by atoms with Gasteiger partial charge in [-0.3, -0.25) is 4.79 Å². The van der Waals surface area contributed by atoms with E-state index in [1.54, 1.807) is 26.1 Å². The highest BCUT2D eigenvalue weighted by atomic mass is 16.6. The standard InChI is InChI=1S/C26H30N8O3/c1-15-30-31-24(36-15)21(32-37-26(2,3)4)16-7-10-18(11-8-16)33(5)23-19(14-28)25(35)34(6)20-12-9-17(13-27)29-22(20)23/h9,12,16,18H,7-8,10-11H2,1-6H3/b32-21-. The van der Waals surface area contributed by atoms with Crippen LogP contribution >= 0.6 is 0 Å². The molecular formula is C26H30N8O3. The van der Waals surface area contributed by atoms with E-state index < -0.39 is 11.2 Å². The van der Waals surface area contributed by atoms with Gasteiger partial charge in [0, 0.05) is 33.0 Å². The lowest BCUT2D eigenvalue weighted by Gasteiger charge is -2.36. The lowest BCUT2D eigenvalue weighted by Crippen LogP contribution is -2.39. The third-order valence-corrected chi connectivity index (χ3v) is 6.59. The Kier molecular flexibility index (Phi) is 6.99. The minimum absolute atomic E-state index is 0.0179. The Bertz CT molecular complexity index is 1490. The van der Waals surface area contributed by atoms with Crippen molar-refractivity contribution in [1.82, 2.24) is 19.7 Å². The number of pyridine rings is 2. The highest BCUT2D eigenvalue weighted by molar-refractivity contribution is 5.98. The van der Waals surface area contributed by atoms with Crippen LogP contribution in [0.15, 0.2) is 26.5 Å². The number of anilines is 1. The molecule has 3 aromatic rings. The molecule has 0 amide bonds. The van der Waals surface area contributed by atoms with E-state index in [4.69, 9.17) is 9.25 Å². The molecule has 1 aliphatic rings. The molecule has 0 unspecified atom stereocenters. The van der Waals surface area contributed by atoms with E-state index in [0.717, 1.165) is 25.7 Å². The molecule has 11 nitrogen and oxygen atoms in total. The van der Waals surface area contributed by atoms with Crippen LogP contribution in [-0.4, -0.2) is 44.2 Å². The minimum atomic E-state index is -0.471. The Labute approximate surface area is 215 Å². The molecule has 0 spiro atoms. The average Bonchev–Trinajstić information content (AvgIpc) is 3.30. The molecule has 3 aromatic heterocycles. The Morgan fingerprint density at radius 1 is 1.19 bits per heavy atom. The fraction of sp³-hybridized carbons (Fsp3) is 0.500. The quantitative estimate of drug-likeness (QED) is 0.377. The van der Waals surface area contributed by atoms with Gasteiger partial charge in [0.15, 0.2) is 0 Å². The van der Waals surface area contributed by atoms with Crippen LogP contribution in [0.5, 0.6) is 0 Å². The average molecular weight is 503 g/mol. The topological polar surface area (TPSA) is 146 Å². The van der Waals surface area contributed by atoms with Crippen LogP contribution in [0.4, 0.5) is 5.69 Å². The second kappa shape index (κ2) is 10.0.